The van der Waals surface area contributed by atoms with E-state index in [4.69, 9.17) is 5.11 Å². The number of carbonyl (C=O) groups is 1. The quantitative estimate of drug-likeness (QED) is 0.793. The molecule has 0 atom stereocenters. The number of aromatic carboxylic acids is 1. The van der Waals surface area contributed by atoms with Gasteiger partial charge in [0.15, 0.2) is 0 Å². The van der Waals surface area contributed by atoms with Crippen LogP contribution >= 0.6 is 0 Å². The van der Waals surface area contributed by atoms with E-state index in [0.29, 0.717) is 5.56 Å². The zero-order valence-corrected chi connectivity index (χ0v) is 8.53. The van der Waals surface area contributed by atoms with Crippen LogP contribution in [0, 0.1) is 0 Å². The van der Waals surface area contributed by atoms with E-state index in [1.807, 2.05) is 19.2 Å². The van der Waals surface area contributed by atoms with E-state index in [-0.39, 0.29) is 0 Å². The summed E-state index contributed by atoms with van der Waals surface area (Å²) in [4.78, 5) is 12.7. The Morgan fingerprint density at radius 2 is 1.93 bits per heavy atom. The summed E-state index contributed by atoms with van der Waals surface area (Å²) in [6.07, 6.45) is 0. The molecule has 1 aromatic rings. The molecule has 0 aliphatic heterocycles. The first kappa shape index (κ1) is 10.7. The van der Waals surface area contributed by atoms with Gasteiger partial charge in [0.25, 0.3) is 0 Å². The molecule has 14 heavy (non-hydrogen) atoms. The highest BCUT2D eigenvalue weighted by molar-refractivity contribution is 5.87. The second-order valence-electron chi connectivity index (χ2n) is 3.33. The fourth-order valence-electron chi connectivity index (χ4n) is 1.18. The van der Waals surface area contributed by atoms with E-state index in [9.17, 15) is 4.79 Å². The van der Waals surface area contributed by atoms with Crippen molar-refractivity contribution in [2.45, 2.75) is 13.5 Å². The summed E-state index contributed by atoms with van der Waals surface area (Å²) in [5.41, 5.74) is 1.48. The largest absolute Gasteiger partial charge is 0.478 e. The molecule has 0 saturated carbocycles. The third-order valence-corrected chi connectivity index (χ3v) is 2.19. The number of hydrogen-bond acceptors (Lipinski definition) is 2. The summed E-state index contributed by atoms with van der Waals surface area (Å²) in [7, 11) is 2.03. The van der Waals surface area contributed by atoms with Gasteiger partial charge in [0.05, 0.1) is 5.56 Å². The molecule has 0 amide bonds. The molecule has 0 heterocycles. The second-order valence-corrected chi connectivity index (χ2v) is 3.33. The molecule has 0 spiro atoms. The number of benzene rings is 1. The van der Waals surface area contributed by atoms with Gasteiger partial charge in [0.1, 0.15) is 0 Å². The minimum absolute atomic E-state index is 0.341. The molecule has 1 rings (SSSR count). The van der Waals surface area contributed by atoms with Crippen LogP contribution in [-0.2, 0) is 6.54 Å². The van der Waals surface area contributed by atoms with Crippen molar-refractivity contribution >= 4 is 5.97 Å². The molecule has 3 heteroatoms. The molecule has 0 radical (unpaired) electrons. The maximum absolute atomic E-state index is 10.6. The molecule has 0 fully saturated rings. The van der Waals surface area contributed by atoms with Crippen molar-refractivity contribution in [2.75, 3.05) is 13.6 Å². The summed E-state index contributed by atoms with van der Waals surface area (Å²) in [5, 5.41) is 8.69. The van der Waals surface area contributed by atoms with E-state index in [1.165, 1.54) is 0 Å². The van der Waals surface area contributed by atoms with Gasteiger partial charge in [-0.25, -0.2) is 4.79 Å². The monoisotopic (exact) mass is 193 g/mol. The molecule has 1 N–H and O–H groups in total. The zero-order valence-electron chi connectivity index (χ0n) is 8.53. The summed E-state index contributed by atoms with van der Waals surface area (Å²) >= 11 is 0. The predicted octanol–water partition coefficient (Wildman–Crippen LogP) is 1.84. The van der Waals surface area contributed by atoms with Gasteiger partial charge in [-0.1, -0.05) is 19.1 Å². The highest BCUT2D eigenvalue weighted by Crippen LogP contribution is 2.06. The lowest BCUT2D eigenvalue weighted by molar-refractivity contribution is 0.0697. The molecule has 0 aliphatic carbocycles. The molecule has 0 saturated heterocycles. The standard InChI is InChI=1S/C11H15NO2/c1-3-12(2)8-9-4-6-10(7-5-9)11(13)14/h4-7H,3,8H2,1-2H3,(H,13,14). The molecule has 76 valence electrons. The van der Waals surface area contributed by atoms with Gasteiger partial charge in [-0.05, 0) is 31.3 Å². The van der Waals surface area contributed by atoms with Crippen LogP contribution < -0.4 is 0 Å². The highest BCUT2D eigenvalue weighted by Gasteiger charge is 2.02. The minimum atomic E-state index is -0.875. The number of carboxylic acids is 1. The van der Waals surface area contributed by atoms with Crippen LogP contribution in [0.25, 0.3) is 0 Å². The van der Waals surface area contributed by atoms with E-state index >= 15 is 0 Å². The van der Waals surface area contributed by atoms with Crippen molar-refractivity contribution in [3.05, 3.63) is 35.4 Å². The third-order valence-electron chi connectivity index (χ3n) is 2.19. The van der Waals surface area contributed by atoms with Crippen LogP contribution in [0.1, 0.15) is 22.8 Å². The van der Waals surface area contributed by atoms with Crippen LogP contribution in [0.15, 0.2) is 24.3 Å². The topological polar surface area (TPSA) is 40.5 Å². The van der Waals surface area contributed by atoms with Crippen LogP contribution in [0.5, 0.6) is 0 Å². The van der Waals surface area contributed by atoms with E-state index in [0.717, 1.165) is 18.7 Å². The summed E-state index contributed by atoms with van der Waals surface area (Å²) in [5.74, 6) is -0.875. The van der Waals surface area contributed by atoms with E-state index in [1.54, 1.807) is 12.1 Å². The Hall–Kier alpha value is -1.35. The highest BCUT2D eigenvalue weighted by atomic mass is 16.4. The van der Waals surface area contributed by atoms with Crippen LogP contribution in [0.3, 0.4) is 0 Å². The molecular formula is C11H15NO2. The minimum Gasteiger partial charge on any atom is -0.478 e. The van der Waals surface area contributed by atoms with Gasteiger partial charge < -0.3 is 10.0 Å². The van der Waals surface area contributed by atoms with Gasteiger partial charge in [-0.15, -0.1) is 0 Å². The Bertz CT molecular complexity index is 306. The van der Waals surface area contributed by atoms with Gasteiger partial charge in [0.2, 0.25) is 0 Å². The maximum Gasteiger partial charge on any atom is 0.335 e. The molecule has 1 aromatic carbocycles. The third kappa shape index (κ3) is 2.85. The molecule has 3 nitrogen and oxygen atoms in total. The molecular weight excluding hydrogens is 178 g/mol. The fourth-order valence-corrected chi connectivity index (χ4v) is 1.18. The Morgan fingerprint density at radius 1 is 1.36 bits per heavy atom. The Labute approximate surface area is 84.0 Å². The van der Waals surface area contributed by atoms with Crippen molar-refractivity contribution in [2.24, 2.45) is 0 Å². The molecule has 0 unspecified atom stereocenters. The number of rotatable bonds is 4. The van der Waals surface area contributed by atoms with Crippen LogP contribution in [0.2, 0.25) is 0 Å². The van der Waals surface area contributed by atoms with Gasteiger partial charge in [0, 0.05) is 6.54 Å². The van der Waals surface area contributed by atoms with E-state index in [2.05, 4.69) is 11.8 Å². The normalized spacial score (nSPS) is 10.5. The van der Waals surface area contributed by atoms with Crippen LogP contribution in [0.4, 0.5) is 0 Å². The van der Waals surface area contributed by atoms with Crippen molar-refractivity contribution < 1.29 is 9.90 Å². The molecule has 0 aliphatic rings. The van der Waals surface area contributed by atoms with Gasteiger partial charge in [-0.3, -0.25) is 0 Å². The summed E-state index contributed by atoms with van der Waals surface area (Å²) in [6.45, 7) is 3.93. The van der Waals surface area contributed by atoms with Gasteiger partial charge in [-0.2, -0.15) is 0 Å². The Balaban J connectivity index is 2.68. The lowest BCUT2D eigenvalue weighted by Gasteiger charge is -2.13. The summed E-state index contributed by atoms with van der Waals surface area (Å²) < 4.78 is 0. The van der Waals surface area contributed by atoms with Crippen molar-refractivity contribution in [3.63, 3.8) is 0 Å². The lowest BCUT2D eigenvalue weighted by Crippen LogP contribution is -2.16. The fraction of sp³-hybridized carbons (Fsp3) is 0.364. The first-order chi connectivity index (χ1) is 6.63. The van der Waals surface area contributed by atoms with Crippen LogP contribution in [-0.4, -0.2) is 29.6 Å². The summed E-state index contributed by atoms with van der Waals surface area (Å²) in [6, 6.07) is 6.99. The molecule has 0 bridgehead atoms. The average Bonchev–Trinajstić information content (AvgIpc) is 2.18. The Morgan fingerprint density at radius 3 is 2.36 bits per heavy atom. The number of nitrogens with zero attached hydrogens (tertiary/aromatic N) is 1. The van der Waals surface area contributed by atoms with Crippen molar-refractivity contribution in [1.82, 2.24) is 4.90 Å². The Kier molecular flexibility index (Phi) is 3.65. The zero-order chi connectivity index (χ0) is 10.6. The first-order valence-electron chi connectivity index (χ1n) is 4.64. The number of hydrogen-bond donors (Lipinski definition) is 1. The van der Waals surface area contributed by atoms with Gasteiger partial charge >= 0.3 is 5.97 Å². The maximum atomic E-state index is 10.6. The molecule has 0 aromatic heterocycles. The first-order valence-corrected chi connectivity index (χ1v) is 4.64. The predicted molar refractivity (Wildman–Crippen MR) is 55.4 cm³/mol. The second kappa shape index (κ2) is 4.77. The number of carboxylic acid groups (broad SMARTS) is 1. The lowest BCUT2D eigenvalue weighted by atomic mass is 10.1. The van der Waals surface area contributed by atoms with E-state index < -0.39 is 5.97 Å². The van der Waals surface area contributed by atoms with Crippen molar-refractivity contribution in [1.29, 1.82) is 0 Å². The smallest absolute Gasteiger partial charge is 0.335 e. The SMILES string of the molecule is CCN(C)Cc1ccc(C(=O)O)cc1. The average molecular weight is 193 g/mol. The van der Waals surface area contributed by atoms with Crippen molar-refractivity contribution in [3.8, 4) is 0 Å².